The SMILES string of the molecule is CSCCCN1C(=O)C2C(C(=O)O)NC(c3ccc(C=Cc4ccccc4)cc3)C2C1=O. The number of imide groups is 1. The van der Waals surface area contributed by atoms with Crippen LogP contribution in [0.4, 0.5) is 0 Å². The van der Waals surface area contributed by atoms with E-state index in [0.717, 1.165) is 22.4 Å². The van der Waals surface area contributed by atoms with E-state index in [4.69, 9.17) is 0 Å². The molecule has 4 rings (SSSR count). The van der Waals surface area contributed by atoms with Crippen molar-refractivity contribution in [2.45, 2.75) is 18.5 Å². The molecule has 0 bridgehead atoms. The van der Waals surface area contributed by atoms with Crippen molar-refractivity contribution in [3.63, 3.8) is 0 Å². The number of amides is 2. The molecule has 2 heterocycles. The molecule has 0 aromatic heterocycles. The molecule has 2 aromatic rings. The fourth-order valence-corrected chi connectivity index (χ4v) is 4.98. The Kier molecular flexibility index (Phi) is 6.77. The summed E-state index contributed by atoms with van der Waals surface area (Å²) in [4.78, 5) is 39.2. The topological polar surface area (TPSA) is 86.7 Å². The summed E-state index contributed by atoms with van der Waals surface area (Å²) in [6.45, 7) is 0.341. The number of hydrogen-bond acceptors (Lipinski definition) is 5. The van der Waals surface area contributed by atoms with E-state index in [2.05, 4.69) is 5.32 Å². The third-order valence-electron chi connectivity index (χ3n) is 6.13. The third-order valence-corrected chi connectivity index (χ3v) is 6.82. The average Bonchev–Trinajstić information content (AvgIpc) is 3.31. The predicted octanol–water partition coefficient (Wildman–Crippen LogP) is 3.31. The molecule has 4 atom stereocenters. The van der Waals surface area contributed by atoms with Gasteiger partial charge in [0.15, 0.2) is 0 Å². The number of rotatable bonds is 8. The number of carbonyl (C=O) groups excluding carboxylic acids is 2. The van der Waals surface area contributed by atoms with Crippen molar-refractivity contribution in [3.05, 3.63) is 71.3 Å². The second-order valence-electron chi connectivity index (χ2n) is 8.10. The number of nitrogens with zero attached hydrogens (tertiary/aromatic N) is 1. The number of hydrogen-bond donors (Lipinski definition) is 2. The highest BCUT2D eigenvalue weighted by atomic mass is 32.2. The predicted molar refractivity (Wildman–Crippen MR) is 126 cm³/mol. The van der Waals surface area contributed by atoms with Crippen molar-refractivity contribution in [1.29, 1.82) is 0 Å². The van der Waals surface area contributed by atoms with Gasteiger partial charge in [0.25, 0.3) is 0 Å². The van der Waals surface area contributed by atoms with Crippen molar-refractivity contribution in [2.75, 3.05) is 18.6 Å². The Bertz CT molecular complexity index is 1020. The van der Waals surface area contributed by atoms with Crippen LogP contribution in [0, 0.1) is 11.8 Å². The quantitative estimate of drug-likeness (QED) is 0.365. The number of carboxylic acids is 1. The van der Waals surface area contributed by atoms with Crippen LogP contribution in [0.1, 0.15) is 29.2 Å². The highest BCUT2D eigenvalue weighted by Gasteiger charge is 2.60. The average molecular weight is 451 g/mol. The summed E-state index contributed by atoms with van der Waals surface area (Å²) in [6.07, 6.45) is 6.70. The molecule has 7 heteroatoms. The van der Waals surface area contributed by atoms with Crippen molar-refractivity contribution in [3.8, 4) is 0 Å². The van der Waals surface area contributed by atoms with E-state index in [-0.39, 0.29) is 11.8 Å². The number of benzene rings is 2. The molecular weight excluding hydrogens is 424 g/mol. The van der Waals surface area contributed by atoms with E-state index in [9.17, 15) is 19.5 Å². The molecule has 6 nitrogen and oxygen atoms in total. The van der Waals surface area contributed by atoms with E-state index in [0.29, 0.717) is 13.0 Å². The van der Waals surface area contributed by atoms with Crippen LogP contribution in [-0.4, -0.2) is 52.4 Å². The van der Waals surface area contributed by atoms with Gasteiger partial charge >= 0.3 is 5.97 Å². The first-order valence-electron chi connectivity index (χ1n) is 10.7. The molecule has 2 aromatic carbocycles. The van der Waals surface area contributed by atoms with Gasteiger partial charge in [-0.25, -0.2) is 0 Å². The standard InChI is InChI=1S/C25H26N2O4S/c1-32-15-5-14-27-23(28)19-20(24(27)29)22(25(30)31)26-21(19)18-12-10-17(11-13-18)9-8-16-6-3-2-4-7-16/h2-4,6-13,19-22,26H,5,14-15H2,1H3,(H,30,31). The molecule has 2 saturated heterocycles. The number of fused-ring (bicyclic) bond motifs is 1. The van der Waals surface area contributed by atoms with Gasteiger partial charge < -0.3 is 5.11 Å². The summed E-state index contributed by atoms with van der Waals surface area (Å²) in [7, 11) is 0. The molecule has 0 saturated carbocycles. The van der Waals surface area contributed by atoms with Gasteiger partial charge in [0.1, 0.15) is 6.04 Å². The molecule has 2 aliphatic rings. The Balaban J connectivity index is 1.55. The molecule has 2 aliphatic heterocycles. The maximum Gasteiger partial charge on any atom is 0.321 e. The van der Waals surface area contributed by atoms with E-state index < -0.39 is 29.9 Å². The van der Waals surface area contributed by atoms with Gasteiger partial charge in [0, 0.05) is 12.6 Å². The molecule has 166 valence electrons. The van der Waals surface area contributed by atoms with Crippen LogP contribution in [0.5, 0.6) is 0 Å². The number of thioether (sulfide) groups is 1. The van der Waals surface area contributed by atoms with Gasteiger partial charge in [0.2, 0.25) is 11.8 Å². The lowest BCUT2D eigenvalue weighted by Gasteiger charge is -2.21. The van der Waals surface area contributed by atoms with Crippen molar-refractivity contribution >= 4 is 41.7 Å². The Morgan fingerprint density at radius 2 is 1.62 bits per heavy atom. The third kappa shape index (κ3) is 4.36. The molecule has 4 unspecified atom stereocenters. The minimum absolute atomic E-state index is 0.268. The fourth-order valence-electron chi connectivity index (χ4n) is 4.56. The Labute approximate surface area is 191 Å². The smallest absolute Gasteiger partial charge is 0.321 e. The van der Waals surface area contributed by atoms with E-state index in [1.54, 1.807) is 11.8 Å². The van der Waals surface area contributed by atoms with Gasteiger partial charge in [-0.3, -0.25) is 24.6 Å². The lowest BCUT2D eigenvalue weighted by molar-refractivity contribution is -0.146. The first-order chi connectivity index (χ1) is 15.5. The zero-order chi connectivity index (χ0) is 22.7. The second kappa shape index (κ2) is 9.71. The molecule has 0 aliphatic carbocycles. The highest BCUT2D eigenvalue weighted by molar-refractivity contribution is 7.98. The zero-order valence-corrected chi connectivity index (χ0v) is 18.6. The maximum atomic E-state index is 13.1. The first kappa shape index (κ1) is 22.3. The summed E-state index contributed by atoms with van der Waals surface area (Å²) in [5.74, 6) is -2.45. The number of likely N-dealkylation sites (tertiary alicyclic amines) is 1. The van der Waals surface area contributed by atoms with Crippen LogP contribution in [0.2, 0.25) is 0 Å². The normalized spacial score (nSPS) is 25.0. The van der Waals surface area contributed by atoms with Crippen LogP contribution < -0.4 is 5.32 Å². The Morgan fingerprint density at radius 3 is 2.25 bits per heavy atom. The summed E-state index contributed by atoms with van der Waals surface area (Å²) in [5.41, 5.74) is 2.90. The largest absolute Gasteiger partial charge is 0.480 e. The molecular formula is C25H26N2O4S. The van der Waals surface area contributed by atoms with Gasteiger partial charge in [-0.1, -0.05) is 66.7 Å². The van der Waals surface area contributed by atoms with E-state index in [1.807, 2.05) is 73.0 Å². The van der Waals surface area contributed by atoms with E-state index >= 15 is 0 Å². The van der Waals surface area contributed by atoms with Gasteiger partial charge in [-0.2, -0.15) is 11.8 Å². The summed E-state index contributed by atoms with van der Waals surface area (Å²) < 4.78 is 0. The summed E-state index contributed by atoms with van der Waals surface area (Å²) >= 11 is 1.65. The molecule has 2 N–H and O–H groups in total. The maximum absolute atomic E-state index is 13.1. The minimum Gasteiger partial charge on any atom is -0.480 e. The van der Waals surface area contributed by atoms with Crippen molar-refractivity contribution in [1.82, 2.24) is 10.2 Å². The van der Waals surface area contributed by atoms with Crippen LogP contribution in [-0.2, 0) is 14.4 Å². The molecule has 0 spiro atoms. The van der Waals surface area contributed by atoms with Crippen LogP contribution in [0.15, 0.2) is 54.6 Å². The minimum atomic E-state index is -1.10. The van der Waals surface area contributed by atoms with Gasteiger partial charge in [-0.15, -0.1) is 0 Å². The van der Waals surface area contributed by atoms with Crippen LogP contribution >= 0.6 is 11.8 Å². The Hall–Kier alpha value is -2.90. The van der Waals surface area contributed by atoms with Gasteiger partial charge in [0.05, 0.1) is 11.8 Å². The first-order valence-corrected chi connectivity index (χ1v) is 12.1. The molecule has 0 radical (unpaired) electrons. The van der Waals surface area contributed by atoms with Crippen molar-refractivity contribution in [2.24, 2.45) is 11.8 Å². The number of aliphatic carboxylic acids is 1. The molecule has 2 amide bonds. The van der Waals surface area contributed by atoms with Crippen LogP contribution in [0.25, 0.3) is 12.2 Å². The molecule has 32 heavy (non-hydrogen) atoms. The number of carbonyl (C=O) groups is 3. The second-order valence-corrected chi connectivity index (χ2v) is 9.08. The van der Waals surface area contributed by atoms with Crippen molar-refractivity contribution < 1.29 is 19.5 Å². The van der Waals surface area contributed by atoms with E-state index in [1.165, 1.54) is 4.90 Å². The lowest BCUT2D eigenvalue weighted by atomic mass is 9.86. The summed E-state index contributed by atoms with van der Waals surface area (Å²) in [5, 5.41) is 12.7. The van der Waals surface area contributed by atoms with Crippen LogP contribution in [0.3, 0.4) is 0 Å². The highest BCUT2D eigenvalue weighted by Crippen LogP contribution is 2.44. The van der Waals surface area contributed by atoms with Gasteiger partial charge in [-0.05, 0) is 35.1 Å². The monoisotopic (exact) mass is 450 g/mol. The number of carboxylic acid groups (broad SMARTS) is 1. The zero-order valence-electron chi connectivity index (χ0n) is 17.8. The fraction of sp³-hybridized carbons (Fsp3) is 0.320. The molecule has 2 fully saturated rings. The summed E-state index contributed by atoms with van der Waals surface area (Å²) in [6, 6.07) is 16.1. The number of nitrogens with one attached hydrogen (secondary N) is 1. The lowest BCUT2D eigenvalue weighted by Crippen LogP contribution is -2.43. The Morgan fingerprint density at radius 1 is 1.00 bits per heavy atom.